The number of aromatic nitrogens is 1. The minimum Gasteiger partial charge on any atom is -0.354 e. The van der Waals surface area contributed by atoms with Gasteiger partial charge in [0.25, 0.3) is 0 Å². The fraction of sp³-hybridized carbons (Fsp3) is 0.692. The van der Waals surface area contributed by atoms with E-state index in [0.717, 1.165) is 0 Å². The molecule has 0 N–H and O–H groups in total. The predicted molar refractivity (Wildman–Crippen MR) is 62.6 cm³/mol. The number of hydrogen-bond donors (Lipinski definition) is 0. The van der Waals surface area contributed by atoms with Crippen molar-refractivity contribution in [2.24, 2.45) is 0 Å². The summed E-state index contributed by atoms with van der Waals surface area (Å²) in [6.45, 7) is 5.69. The van der Waals surface area contributed by atoms with Crippen LogP contribution in [0.1, 0.15) is 51.5 Å². The topological polar surface area (TPSA) is 4.93 Å². The number of aryl methyl sites for hydroxylation is 2. The molecule has 0 saturated heterocycles. The Morgan fingerprint density at radius 1 is 1.07 bits per heavy atom. The molecule has 0 spiro atoms. The Bertz CT molecular complexity index is 237. The molecule has 0 radical (unpaired) electrons. The fourth-order valence-electron chi connectivity index (χ4n) is 1.70. The second-order valence-electron chi connectivity index (χ2n) is 4.07. The first-order valence-corrected chi connectivity index (χ1v) is 6.01. The zero-order chi connectivity index (χ0) is 10.2. The molecule has 0 aliphatic rings. The summed E-state index contributed by atoms with van der Waals surface area (Å²) in [6, 6.07) is 2.27. The molecule has 1 aromatic rings. The minimum atomic E-state index is 1.19. The number of unbranched alkanes of at least 4 members (excludes halogenated alkanes) is 3. The van der Waals surface area contributed by atoms with Crippen LogP contribution in [0.3, 0.4) is 0 Å². The van der Waals surface area contributed by atoms with E-state index >= 15 is 0 Å². The first kappa shape index (κ1) is 11.4. The molecule has 0 aromatic carbocycles. The molecule has 0 amide bonds. The molecular weight excluding hydrogens is 170 g/mol. The van der Waals surface area contributed by atoms with Crippen molar-refractivity contribution in [1.82, 2.24) is 4.57 Å². The molecule has 1 heterocycles. The van der Waals surface area contributed by atoms with Gasteiger partial charge in [0.2, 0.25) is 0 Å². The molecule has 1 heteroatoms. The van der Waals surface area contributed by atoms with E-state index in [4.69, 9.17) is 0 Å². The Balaban J connectivity index is 2.27. The third-order valence-corrected chi connectivity index (χ3v) is 2.65. The van der Waals surface area contributed by atoms with E-state index in [0.29, 0.717) is 0 Å². The van der Waals surface area contributed by atoms with Crippen molar-refractivity contribution in [3.05, 3.63) is 24.0 Å². The molecule has 1 rings (SSSR count). The van der Waals surface area contributed by atoms with Crippen LogP contribution >= 0.6 is 0 Å². The third kappa shape index (κ3) is 3.99. The van der Waals surface area contributed by atoms with Crippen molar-refractivity contribution in [3.8, 4) is 0 Å². The second-order valence-corrected chi connectivity index (χ2v) is 4.07. The van der Waals surface area contributed by atoms with Gasteiger partial charge in [-0.2, -0.15) is 0 Å². The Hall–Kier alpha value is -0.720. The normalized spacial score (nSPS) is 10.7. The predicted octanol–water partition coefficient (Wildman–Crippen LogP) is 4.02. The largest absolute Gasteiger partial charge is 0.354 e. The minimum absolute atomic E-state index is 1.19. The average Bonchev–Trinajstić information content (AvgIpc) is 2.63. The van der Waals surface area contributed by atoms with Gasteiger partial charge >= 0.3 is 0 Å². The second kappa shape index (κ2) is 6.69. The third-order valence-electron chi connectivity index (χ3n) is 2.65. The van der Waals surface area contributed by atoms with Crippen molar-refractivity contribution >= 4 is 0 Å². The van der Waals surface area contributed by atoms with Gasteiger partial charge in [-0.05, 0) is 30.9 Å². The van der Waals surface area contributed by atoms with Crippen molar-refractivity contribution in [1.29, 1.82) is 0 Å². The number of hydrogen-bond acceptors (Lipinski definition) is 0. The van der Waals surface area contributed by atoms with Gasteiger partial charge in [0.1, 0.15) is 0 Å². The summed E-state index contributed by atoms with van der Waals surface area (Å²) in [7, 11) is 0. The smallest absolute Gasteiger partial charge is 0.0219 e. The molecule has 0 fully saturated rings. The van der Waals surface area contributed by atoms with Gasteiger partial charge in [-0.15, -0.1) is 0 Å². The van der Waals surface area contributed by atoms with Crippen LogP contribution in [0.2, 0.25) is 0 Å². The van der Waals surface area contributed by atoms with Crippen LogP contribution in [0.15, 0.2) is 18.5 Å². The van der Waals surface area contributed by atoms with E-state index in [1.54, 1.807) is 0 Å². The van der Waals surface area contributed by atoms with Gasteiger partial charge < -0.3 is 4.57 Å². The maximum absolute atomic E-state index is 2.33. The van der Waals surface area contributed by atoms with Gasteiger partial charge in [0.15, 0.2) is 0 Å². The molecule has 14 heavy (non-hydrogen) atoms. The van der Waals surface area contributed by atoms with E-state index < -0.39 is 0 Å². The van der Waals surface area contributed by atoms with Crippen LogP contribution in [0.5, 0.6) is 0 Å². The molecule has 1 nitrogen and oxygen atoms in total. The summed E-state index contributed by atoms with van der Waals surface area (Å²) in [5.74, 6) is 0. The lowest BCUT2D eigenvalue weighted by Crippen LogP contribution is -1.93. The quantitative estimate of drug-likeness (QED) is 0.576. The summed E-state index contributed by atoms with van der Waals surface area (Å²) < 4.78 is 2.33. The zero-order valence-electron chi connectivity index (χ0n) is 9.63. The van der Waals surface area contributed by atoms with Crippen LogP contribution in [-0.4, -0.2) is 4.57 Å². The highest BCUT2D eigenvalue weighted by Gasteiger charge is 1.96. The molecule has 0 aliphatic carbocycles. The van der Waals surface area contributed by atoms with Crippen LogP contribution in [0.25, 0.3) is 0 Å². The summed E-state index contributed by atoms with van der Waals surface area (Å²) in [5.41, 5.74) is 1.50. The Kier molecular flexibility index (Phi) is 5.43. The lowest BCUT2D eigenvalue weighted by molar-refractivity contribution is 0.603. The number of nitrogens with zero attached hydrogens (tertiary/aromatic N) is 1. The van der Waals surface area contributed by atoms with Gasteiger partial charge in [-0.25, -0.2) is 0 Å². The maximum atomic E-state index is 2.33. The van der Waals surface area contributed by atoms with E-state index in [1.165, 1.54) is 50.6 Å². The Morgan fingerprint density at radius 3 is 2.57 bits per heavy atom. The molecule has 0 aliphatic heterocycles. The van der Waals surface area contributed by atoms with Gasteiger partial charge in [0.05, 0.1) is 0 Å². The maximum Gasteiger partial charge on any atom is 0.0219 e. The summed E-state index contributed by atoms with van der Waals surface area (Å²) >= 11 is 0. The van der Waals surface area contributed by atoms with Gasteiger partial charge in [0, 0.05) is 18.9 Å². The number of rotatable bonds is 7. The molecule has 0 saturated carbocycles. The molecule has 0 bridgehead atoms. The van der Waals surface area contributed by atoms with E-state index in [-0.39, 0.29) is 0 Å². The lowest BCUT2D eigenvalue weighted by Gasteiger charge is -2.00. The van der Waals surface area contributed by atoms with Crippen molar-refractivity contribution < 1.29 is 0 Å². The Labute approximate surface area is 88.1 Å². The van der Waals surface area contributed by atoms with Crippen LogP contribution in [-0.2, 0) is 13.0 Å². The molecule has 0 atom stereocenters. The van der Waals surface area contributed by atoms with Gasteiger partial charge in [-0.3, -0.25) is 0 Å². The lowest BCUT2D eigenvalue weighted by atomic mass is 10.2. The first-order valence-electron chi connectivity index (χ1n) is 6.01. The highest BCUT2D eigenvalue weighted by atomic mass is 14.9. The van der Waals surface area contributed by atoms with Crippen LogP contribution in [0.4, 0.5) is 0 Å². The molecule has 80 valence electrons. The van der Waals surface area contributed by atoms with Crippen LogP contribution < -0.4 is 0 Å². The van der Waals surface area contributed by atoms with E-state index in [1.807, 2.05) is 0 Å². The monoisotopic (exact) mass is 193 g/mol. The first-order chi connectivity index (χ1) is 6.86. The van der Waals surface area contributed by atoms with E-state index in [2.05, 4.69) is 36.9 Å². The summed E-state index contributed by atoms with van der Waals surface area (Å²) in [5, 5.41) is 0. The van der Waals surface area contributed by atoms with Crippen molar-refractivity contribution in [2.75, 3.05) is 0 Å². The highest BCUT2D eigenvalue weighted by Crippen LogP contribution is 2.07. The molecule has 0 unspecified atom stereocenters. The standard InChI is InChI=1S/C13H23N/c1-3-5-7-10-14-11-9-13(12-14)8-6-4-2/h9,11-12H,3-8,10H2,1-2H3. The van der Waals surface area contributed by atoms with Crippen molar-refractivity contribution in [3.63, 3.8) is 0 Å². The molecular formula is C13H23N. The van der Waals surface area contributed by atoms with Crippen LogP contribution in [0, 0.1) is 0 Å². The van der Waals surface area contributed by atoms with Crippen molar-refractivity contribution in [2.45, 2.75) is 58.9 Å². The fourth-order valence-corrected chi connectivity index (χ4v) is 1.70. The van der Waals surface area contributed by atoms with E-state index in [9.17, 15) is 0 Å². The Morgan fingerprint density at radius 2 is 1.86 bits per heavy atom. The van der Waals surface area contributed by atoms with Gasteiger partial charge in [-0.1, -0.05) is 33.1 Å². The summed E-state index contributed by atoms with van der Waals surface area (Å²) in [4.78, 5) is 0. The summed E-state index contributed by atoms with van der Waals surface area (Å²) in [6.07, 6.45) is 12.4. The molecule has 1 aromatic heterocycles. The highest BCUT2D eigenvalue weighted by molar-refractivity contribution is 5.10. The SMILES string of the molecule is CCCCCn1ccc(CCCC)c1. The zero-order valence-corrected chi connectivity index (χ0v) is 9.63. The average molecular weight is 193 g/mol.